The van der Waals surface area contributed by atoms with Gasteiger partial charge in [0, 0.05) is 18.2 Å². The van der Waals surface area contributed by atoms with E-state index in [0.29, 0.717) is 12.1 Å². The van der Waals surface area contributed by atoms with Crippen molar-refractivity contribution in [3.05, 3.63) is 39.7 Å². The van der Waals surface area contributed by atoms with Crippen LogP contribution < -0.4 is 5.32 Å². The van der Waals surface area contributed by atoms with Crippen molar-refractivity contribution in [3.63, 3.8) is 0 Å². The topological polar surface area (TPSA) is 55.2 Å². The number of nitrogens with zero attached hydrogens (tertiary/aromatic N) is 1. The van der Waals surface area contributed by atoms with Gasteiger partial charge in [-0.3, -0.25) is 10.1 Å². The van der Waals surface area contributed by atoms with E-state index in [0.717, 1.165) is 24.9 Å². The van der Waals surface area contributed by atoms with Crippen LogP contribution in [0.4, 0.5) is 10.1 Å². The third-order valence-corrected chi connectivity index (χ3v) is 2.98. The molecule has 0 aliphatic heterocycles. The Bertz CT molecular complexity index is 419. The van der Waals surface area contributed by atoms with Crippen LogP contribution in [0.1, 0.15) is 24.8 Å². The van der Waals surface area contributed by atoms with Crippen LogP contribution in [0.15, 0.2) is 18.2 Å². The fraction of sp³-hybridized carbons (Fsp3) is 0.500. The van der Waals surface area contributed by atoms with Gasteiger partial charge < -0.3 is 5.32 Å². The quantitative estimate of drug-likeness (QED) is 0.471. The summed E-state index contributed by atoms with van der Waals surface area (Å²) in [7, 11) is 0. The molecule has 0 heterocycles. The Morgan fingerprint density at radius 2 is 2.24 bits per heavy atom. The molecular formula is C12H15FN2O2. The zero-order valence-corrected chi connectivity index (χ0v) is 9.49. The lowest BCUT2D eigenvalue weighted by molar-refractivity contribution is -0.385. The monoisotopic (exact) mass is 238 g/mol. The summed E-state index contributed by atoms with van der Waals surface area (Å²) in [5.74, 6) is 0.389. The van der Waals surface area contributed by atoms with E-state index in [9.17, 15) is 14.5 Å². The number of nitro groups is 1. The molecule has 92 valence electrons. The molecule has 1 saturated carbocycles. The van der Waals surface area contributed by atoms with E-state index in [-0.39, 0.29) is 5.69 Å². The summed E-state index contributed by atoms with van der Waals surface area (Å²) in [6, 6.07) is 3.56. The standard InChI is InChI=1S/C12H15FN2O2/c13-11-3-4-12(15(16)17)10(7-11)8-14-6-5-9-1-2-9/h3-4,7,9,14H,1-2,5-6,8H2. The summed E-state index contributed by atoms with van der Waals surface area (Å²) < 4.78 is 13.0. The second-order valence-electron chi connectivity index (χ2n) is 4.44. The summed E-state index contributed by atoms with van der Waals surface area (Å²) in [5.41, 5.74) is 0.385. The zero-order chi connectivity index (χ0) is 12.3. The molecule has 17 heavy (non-hydrogen) atoms. The average Bonchev–Trinajstić information content (AvgIpc) is 3.08. The normalized spacial score (nSPS) is 14.9. The van der Waals surface area contributed by atoms with Gasteiger partial charge in [0.2, 0.25) is 0 Å². The van der Waals surface area contributed by atoms with Crippen molar-refractivity contribution in [1.29, 1.82) is 0 Å². The van der Waals surface area contributed by atoms with Crippen molar-refractivity contribution >= 4 is 5.69 Å². The van der Waals surface area contributed by atoms with E-state index < -0.39 is 10.7 Å². The first-order valence-electron chi connectivity index (χ1n) is 5.80. The average molecular weight is 238 g/mol. The molecule has 1 fully saturated rings. The lowest BCUT2D eigenvalue weighted by Crippen LogP contribution is -2.16. The molecule has 0 spiro atoms. The third-order valence-electron chi connectivity index (χ3n) is 2.98. The molecule has 0 atom stereocenters. The van der Waals surface area contributed by atoms with Crippen molar-refractivity contribution in [2.75, 3.05) is 6.54 Å². The van der Waals surface area contributed by atoms with Gasteiger partial charge in [0.15, 0.2) is 0 Å². The molecule has 0 aromatic heterocycles. The molecular weight excluding hydrogens is 223 g/mol. The fourth-order valence-electron chi connectivity index (χ4n) is 1.81. The number of benzene rings is 1. The van der Waals surface area contributed by atoms with Crippen LogP contribution in [0.2, 0.25) is 0 Å². The Balaban J connectivity index is 1.92. The summed E-state index contributed by atoms with van der Waals surface area (Å²) in [4.78, 5) is 10.3. The van der Waals surface area contributed by atoms with Crippen molar-refractivity contribution in [2.24, 2.45) is 5.92 Å². The molecule has 0 unspecified atom stereocenters. The SMILES string of the molecule is O=[N+]([O-])c1ccc(F)cc1CNCCC1CC1. The van der Waals surface area contributed by atoms with Gasteiger partial charge >= 0.3 is 0 Å². The van der Waals surface area contributed by atoms with E-state index in [1.54, 1.807) is 0 Å². The summed E-state index contributed by atoms with van der Waals surface area (Å²) in [6.07, 6.45) is 3.69. The second-order valence-corrected chi connectivity index (χ2v) is 4.44. The van der Waals surface area contributed by atoms with Crippen LogP contribution >= 0.6 is 0 Å². The van der Waals surface area contributed by atoms with Crippen molar-refractivity contribution in [3.8, 4) is 0 Å². The van der Waals surface area contributed by atoms with Gasteiger partial charge in [-0.25, -0.2) is 4.39 Å². The minimum absolute atomic E-state index is 0.0229. The number of rotatable bonds is 6. The first-order valence-corrected chi connectivity index (χ1v) is 5.80. The molecule has 0 bridgehead atoms. The summed E-state index contributed by atoms with van der Waals surface area (Å²) in [6.45, 7) is 1.18. The molecule has 1 aromatic carbocycles. The van der Waals surface area contributed by atoms with Crippen LogP contribution in [-0.2, 0) is 6.54 Å². The highest BCUT2D eigenvalue weighted by Crippen LogP contribution is 2.31. The van der Waals surface area contributed by atoms with Crippen molar-refractivity contribution in [1.82, 2.24) is 5.32 Å². The molecule has 0 radical (unpaired) electrons. The van der Waals surface area contributed by atoms with Gasteiger partial charge in [-0.1, -0.05) is 12.8 Å². The van der Waals surface area contributed by atoms with Gasteiger partial charge in [-0.05, 0) is 31.0 Å². The third kappa shape index (κ3) is 3.49. The smallest absolute Gasteiger partial charge is 0.274 e. The number of nitro benzene ring substituents is 1. The highest BCUT2D eigenvalue weighted by atomic mass is 19.1. The molecule has 0 amide bonds. The maximum absolute atomic E-state index is 13.0. The first kappa shape index (κ1) is 12.0. The lowest BCUT2D eigenvalue weighted by Gasteiger charge is -2.05. The van der Waals surface area contributed by atoms with Crippen LogP contribution in [0.5, 0.6) is 0 Å². The predicted octanol–water partition coefficient (Wildman–Crippen LogP) is 2.62. The Hall–Kier alpha value is -1.49. The van der Waals surface area contributed by atoms with Gasteiger partial charge in [-0.15, -0.1) is 0 Å². The Kier molecular flexibility index (Phi) is 3.68. The van der Waals surface area contributed by atoms with Gasteiger partial charge in [-0.2, -0.15) is 0 Å². The molecule has 2 rings (SSSR count). The molecule has 1 aromatic rings. The summed E-state index contributed by atoms with van der Waals surface area (Å²) in [5, 5.41) is 13.9. The van der Waals surface area contributed by atoms with Crippen molar-refractivity contribution < 1.29 is 9.31 Å². The maximum Gasteiger partial charge on any atom is 0.274 e. The Labute approximate surface area is 99.0 Å². The molecule has 0 saturated heterocycles. The van der Waals surface area contributed by atoms with Crippen molar-refractivity contribution in [2.45, 2.75) is 25.8 Å². The lowest BCUT2D eigenvalue weighted by atomic mass is 10.1. The van der Waals surface area contributed by atoms with Crippen LogP contribution in [0.25, 0.3) is 0 Å². The van der Waals surface area contributed by atoms with E-state index in [1.807, 2.05) is 0 Å². The van der Waals surface area contributed by atoms with Gasteiger partial charge in [0.1, 0.15) is 5.82 Å². The Morgan fingerprint density at radius 3 is 2.88 bits per heavy atom. The van der Waals surface area contributed by atoms with E-state index >= 15 is 0 Å². The van der Waals surface area contributed by atoms with E-state index in [4.69, 9.17) is 0 Å². The highest BCUT2D eigenvalue weighted by Gasteiger charge is 2.20. The van der Waals surface area contributed by atoms with E-state index in [1.165, 1.54) is 25.0 Å². The van der Waals surface area contributed by atoms with Gasteiger partial charge in [0.25, 0.3) is 5.69 Å². The largest absolute Gasteiger partial charge is 0.312 e. The first-order chi connectivity index (χ1) is 8.16. The fourth-order valence-corrected chi connectivity index (χ4v) is 1.81. The molecule has 1 aliphatic carbocycles. The Morgan fingerprint density at radius 1 is 1.47 bits per heavy atom. The maximum atomic E-state index is 13.0. The van der Waals surface area contributed by atoms with E-state index in [2.05, 4.69) is 5.32 Å². The number of hydrogen-bond donors (Lipinski definition) is 1. The van der Waals surface area contributed by atoms with Crippen LogP contribution in [0, 0.1) is 21.8 Å². The molecule has 4 nitrogen and oxygen atoms in total. The number of halogens is 1. The molecule has 1 aliphatic rings. The van der Waals surface area contributed by atoms with Crippen LogP contribution in [-0.4, -0.2) is 11.5 Å². The molecule has 1 N–H and O–H groups in total. The van der Waals surface area contributed by atoms with Crippen LogP contribution in [0.3, 0.4) is 0 Å². The van der Waals surface area contributed by atoms with Gasteiger partial charge in [0.05, 0.1) is 4.92 Å². The number of hydrogen-bond acceptors (Lipinski definition) is 3. The molecule has 5 heteroatoms. The zero-order valence-electron chi connectivity index (χ0n) is 9.49. The minimum atomic E-state index is -0.475. The minimum Gasteiger partial charge on any atom is -0.312 e. The number of nitrogens with one attached hydrogen (secondary N) is 1. The highest BCUT2D eigenvalue weighted by molar-refractivity contribution is 5.40. The predicted molar refractivity (Wildman–Crippen MR) is 62.1 cm³/mol. The summed E-state index contributed by atoms with van der Waals surface area (Å²) >= 11 is 0. The second kappa shape index (κ2) is 5.23.